The van der Waals surface area contributed by atoms with Crippen molar-refractivity contribution >= 4 is 38.9 Å². The van der Waals surface area contributed by atoms with Crippen LogP contribution in [0, 0.1) is 11.2 Å². The van der Waals surface area contributed by atoms with Gasteiger partial charge in [0.05, 0.1) is 26.7 Å². The average molecular weight is 399 g/mol. The lowest BCUT2D eigenvalue weighted by atomic mass is 9.94. The molecule has 1 aliphatic heterocycles. The number of amides is 1. The van der Waals surface area contributed by atoms with E-state index in [1.165, 1.54) is 12.1 Å². The van der Waals surface area contributed by atoms with Gasteiger partial charge in [-0.1, -0.05) is 11.6 Å². The van der Waals surface area contributed by atoms with E-state index < -0.39 is 21.3 Å². The molecule has 2 aromatic rings. The first-order chi connectivity index (χ1) is 12.1. The molecule has 0 fully saturated rings. The third-order valence-electron chi connectivity index (χ3n) is 3.88. The molecule has 1 heterocycles. The van der Waals surface area contributed by atoms with Crippen molar-refractivity contribution in [1.29, 1.82) is 0 Å². The van der Waals surface area contributed by atoms with Gasteiger partial charge in [0.2, 0.25) is 5.91 Å². The van der Waals surface area contributed by atoms with Gasteiger partial charge in [0.15, 0.2) is 0 Å². The van der Waals surface area contributed by atoms with Crippen molar-refractivity contribution in [3.05, 3.63) is 47.2 Å². The van der Waals surface area contributed by atoms with Crippen LogP contribution in [0.3, 0.4) is 0 Å². The molecular weight excluding hydrogens is 383 g/mol. The summed E-state index contributed by atoms with van der Waals surface area (Å²) in [5.74, 6) is -0.503. The van der Waals surface area contributed by atoms with Crippen LogP contribution in [0.4, 0.5) is 15.8 Å². The molecule has 0 saturated carbocycles. The van der Waals surface area contributed by atoms with Gasteiger partial charge in [-0.2, -0.15) is 0 Å². The molecule has 1 amide bonds. The number of rotatable bonds is 3. The molecule has 6 nitrogen and oxygen atoms in total. The Morgan fingerprint density at radius 2 is 1.96 bits per heavy atom. The highest BCUT2D eigenvalue weighted by molar-refractivity contribution is 7.92. The quantitative estimate of drug-likeness (QED) is 0.826. The smallest absolute Gasteiger partial charge is 0.261 e. The van der Waals surface area contributed by atoms with E-state index in [2.05, 4.69) is 10.0 Å². The molecule has 9 heteroatoms. The third kappa shape index (κ3) is 3.61. The monoisotopic (exact) mass is 398 g/mol. The molecule has 0 spiro atoms. The van der Waals surface area contributed by atoms with Crippen molar-refractivity contribution in [3.8, 4) is 5.75 Å². The Hall–Kier alpha value is -2.32. The van der Waals surface area contributed by atoms with Crippen LogP contribution in [0.1, 0.15) is 13.8 Å². The number of sulfonamides is 1. The van der Waals surface area contributed by atoms with E-state index in [1.807, 2.05) is 0 Å². The molecule has 0 aliphatic carbocycles. The van der Waals surface area contributed by atoms with Gasteiger partial charge in [-0.25, -0.2) is 12.8 Å². The summed E-state index contributed by atoms with van der Waals surface area (Å²) in [5.41, 5.74) is -0.144. The minimum atomic E-state index is -3.98. The summed E-state index contributed by atoms with van der Waals surface area (Å²) in [6.45, 7) is 3.69. The number of carbonyl (C=O) groups is 1. The van der Waals surface area contributed by atoms with Crippen LogP contribution in [-0.2, 0) is 14.8 Å². The van der Waals surface area contributed by atoms with Crippen molar-refractivity contribution in [2.24, 2.45) is 5.41 Å². The second-order valence-electron chi connectivity index (χ2n) is 6.52. The van der Waals surface area contributed by atoms with Crippen LogP contribution in [0.2, 0.25) is 5.02 Å². The summed E-state index contributed by atoms with van der Waals surface area (Å²) in [6, 6.07) is 7.64. The maximum absolute atomic E-state index is 13.2. The van der Waals surface area contributed by atoms with Crippen molar-refractivity contribution in [2.45, 2.75) is 18.7 Å². The zero-order valence-electron chi connectivity index (χ0n) is 14.0. The van der Waals surface area contributed by atoms with Crippen molar-refractivity contribution in [2.75, 3.05) is 16.6 Å². The molecule has 0 saturated heterocycles. The van der Waals surface area contributed by atoms with E-state index >= 15 is 0 Å². The zero-order chi connectivity index (χ0) is 19.1. The van der Waals surface area contributed by atoms with E-state index in [0.717, 1.165) is 18.2 Å². The summed E-state index contributed by atoms with van der Waals surface area (Å²) in [5, 5.41) is 2.43. The van der Waals surface area contributed by atoms with Gasteiger partial charge < -0.3 is 10.1 Å². The van der Waals surface area contributed by atoms with Gasteiger partial charge in [-0.05, 0) is 50.2 Å². The zero-order valence-corrected chi connectivity index (χ0v) is 15.5. The summed E-state index contributed by atoms with van der Waals surface area (Å²) in [7, 11) is -3.98. The number of hydrogen-bond donors (Lipinski definition) is 2. The highest BCUT2D eigenvalue weighted by Crippen LogP contribution is 2.34. The number of hydrogen-bond acceptors (Lipinski definition) is 4. The normalized spacial score (nSPS) is 16.1. The summed E-state index contributed by atoms with van der Waals surface area (Å²) >= 11 is 5.65. The highest BCUT2D eigenvalue weighted by Gasteiger charge is 2.32. The standard InChI is InChI=1S/C17H16ClFN2O4S/c1-17(2)9-25-15-6-3-10(7-14(15)20-16(17)22)21-26(23,24)11-4-5-13(19)12(18)8-11/h3-8,21H,9H2,1-2H3,(H,20,22). The minimum absolute atomic E-state index is 0.180. The van der Waals surface area contributed by atoms with Crippen molar-refractivity contribution in [3.63, 3.8) is 0 Å². The topological polar surface area (TPSA) is 84.5 Å². The molecule has 0 bridgehead atoms. The molecule has 138 valence electrons. The molecule has 0 atom stereocenters. The fraction of sp³-hybridized carbons (Fsp3) is 0.235. The number of carbonyl (C=O) groups excluding carboxylic acids is 1. The Morgan fingerprint density at radius 1 is 1.23 bits per heavy atom. The maximum atomic E-state index is 13.2. The fourth-order valence-electron chi connectivity index (χ4n) is 2.29. The van der Waals surface area contributed by atoms with Crippen molar-refractivity contribution in [1.82, 2.24) is 0 Å². The second kappa shape index (κ2) is 6.44. The molecular formula is C17H16ClFN2O4S. The molecule has 0 aromatic heterocycles. The van der Waals surface area contributed by atoms with E-state index in [1.54, 1.807) is 19.9 Å². The Kier molecular flexibility index (Phi) is 4.58. The van der Waals surface area contributed by atoms with E-state index in [9.17, 15) is 17.6 Å². The minimum Gasteiger partial charge on any atom is -0.490 e. The largest absolute Gasteiger partial charge is 0.490 e. The molecule has 3 rings (SSSR count). The van der Waals surface area contributed by atoms with Crippen LogP contribution >= 0.6 is 11.6 Å². The summed E-state index contributed by atoms with van der Waals surface area (Å²) in [4.78, 5) is 12.0. The van der Waals surface area contributed by atoms with Crippen LogP contribution in [0.15, 0.2) is 41.3 Å². The van der Waals surface area contributed by atoms with Gasteiger partial charge in [-0.3, -0.25) is 9.52 Å². The first kappa shape index (κ1) is 18.5. The molecule has 26 heavy (non-hydrogen) atoms. The number of fused-ring (bicyclic) bond motifs is 1. The Morgan fingerprint density at radius 3 is 2.65 bits per heavy atom. The van der Waals surface area contributed by atoms with Gasteiger partial charge in [0.25, 0.3) is 10.0 Å². The maximum Gasteiger partial charge on any atom is 0.261 e. The van der Waals surface area contributed by atoms with Crippen LogP contribution in [0.5, 0.6) is 5.75 Å². The number of halogens is 2. The van der Waals surface area contributed by atoms with E-state index in [-0.39, 0.29) is 28.1 Å². The van der Waals surface area contributed by atoms with Gasteiger partial charge in [-0.15, -0.1) is 0 Å². The third-order valence-corrected chi connectivity index (χ3v) is 5.55. The first-order valence-electron chi connectivity index (χ1n) is 7.65. The summed E-state index contributed by atoms with van der Waals surface area (Å²) in [6.07, 6.45) is 0. The number of nitrogens with one attached hydrogen (secondary N) is 2. The van der Waals surface area contributed by atoms with Crippen LogP contribution in [0.25, 0.3) is 0 Å². The number of benzene rings is 2. The van der Waals surface area contributed by atoms with Gasteiger partial charge in [0.1, 0.15) is 18.2 Å². The molecule has 1 aliphatic rings. The van der Waals surface area contributed by atoms with E-state index in [4.69, 9.17) is 16.3 Å². The van der Waals surface area contributed by atoms with Gasteiger partial charge in [0, 0.05) is 0 Å². The van der Waals surface area contributed by atoms with E-state index in [0.29, 0.717) is 11.4 Å². The molecule has 0 unspecified atom stereocenters. The molecule has 0 radical (unpaired) electrons. The Bertz CT molecular complexity index is 992. The van der Waals surface area contributed by atoms with Crippen LogP contribution in [-0.4, -0.2) is 20.9 Å². The van der Waals surface area contributed by atoms with Gasteiger partial charge >= 0.3 is 0 Å². The lowest BCUT2D eigenvalue weighted by Gasteiger charge is -2.18. The predicted molar refractivity (Wildman–Crippen MR) is 96.6 cm³/mol. The average Bonchev–Trinajstić information content (AvgIpc) is 2.66. The molecule has 2 aromatic carbocycles. The molecule has 2 N–H and O–H groups in total. The highest BCUT2D eigenvalue weighted by atomic mass is 35.5. The van der Waals surface area contributed by atoms with Crippen LogP contribution < -0.4 is 14.8 Å². The fourth-order valence-corrected chi connectivity index (χ4v) is 3.61. The Balaban J connectivity index is 1.90. The number of ether oxygens (including phenoxy) is 1. The van der Waals surface area contributed by atoms with Crippen molar-refractivity contribution < 1.29 is 22.3 Å². The SMILES string of the molecule is CC1(C)COc2ccc(NS(=O)(=O)c3ccc(F)c(Cl)c3)cc2NC1=O. The lowest BCUT2D eigenvalue weighted by molar-refractivity contribution is -0.124. The predicted octanol–water partition coefficient (Wildman–Crippen LogP) is 3.64. The Labute approximate surface area is 155 Å². The second-order valence-corrected chi connectivity index (χ2v) is 8.61. The lowest BCUT2D eigenvalue weighted by Crippen LogP contribution is -2.33. The summed E-state index contributed by atoms with van der Waals surface area (Å²) < 4.78 is 46.1. The number of anilines is 2. The first-order valence-corrected chi connectivity index (χ1v) is 9.51.